The van der Waals surface area contributed by atoms with Gasteiger partial charge in [0, 0.05) is 53.1 Å². The second kappa shape index (κ2) is 9.13. The van der Waals surface area contributed by atoms with E-state index in [1.165, 1.54) is 0 Å². The quantitative estimate of drug-likeness (QED) is 0.370. The second-order valence-electron chi connectivity index (χ2n) is 7.76. The molecule has 0 spiro atoms. The Hall–Kier alpha value is -3.46. The Labute approximate surface area is 180 Å². The fourth-order valence-corrected chi connectivity index (χ4v) is 3.52. The minimum Gasteiger partial charge on any atom is -0.473 e. The molecule has 1 saturated heterocycles. The summed E-state index contributed by atoms with van der Waals surface area (Å²) in [6.45, 7) is 5.63. The summed E-state index contributed by atoms with van der Waals surface area (Å²) in [7, 11) is 0. The standard InChI is InChI=1S/C22H27N7O2/c1-13(2)28-22(24)31-20(23)14-5-6-18-16(10-14)17(12-27-18)21-26-9-7-19(29-21)30-15-4-3-8-25-11-15/h5-7,9-10,12-13,15,23,25,27H,3-4,8,11H2,1-2H3,(H2,24,28). The molecule has 1 aliphatic rings. The molecular formula is C22H27N7O2. The number of aliphatic imine (C=N–C) groups is 1. The molecule has 1 aliphatic heterocycles. The minimum absolute atomic E-state index is 0.0115. The zero-order valence-electron chi connectivity index (χ0n) is 17.7. The van der Waals surface area contributed by atoms with Gasteiger partial charge >= 0.3 is 0 Å². The van der Waals surface area contributed by atoms with E-state index in [0.29, 0.717) is 17.3 Å². The molecule has 9 heteroatoms. The van der Waals surface area contributed by atoms with Crippen LogP contribution in [-0.4, -0.2) is 52.1 Å². The molecule has 31 heavy (non-hydrogen) atoms. The Balaban J connectivity index is 1.59. The van der Waals surface area contributed by atoms with Crippen molar-refractivity contribution in [1.82, 2.24) is 20.3 Å². The number of nitrogens with zero attached hydrogens (tertiary/aromatic N) is 3. The number of rotatable bonds is 5. The number of ether oxygens (including phenoxy) is 2. The lowest BCUT2D eigenvalue weighted by molar-refractivity contribution is 0.160. The molecule has 2 aromatic heterocycles. The maximum absolute atomic E-state index is 8.23. The van der Waals surface area contributed by atoms with Crippen LogP contribution in [-0.2, 0) is 4.74 Å². The van der Waals surface area contributed by atoms with E-state index in [1.54, 1.807) is 18.3 Å². The van der Waals surface area contributed by atoms with Crippen LogP contribution in [0, 0.1) is 5.41 Å². The smallest absolute Gasteiger partial charge is 0.289 e. The Morgan fingerprint density at radius 1 is 1.32 bits per heavy atom. The summed E-state index contributed by atoms with van der Waals surface area (Å²) in [6, 6.07) is 7.27. The summed E-state index contributed by atoms with van der Waals surface area (Å²) in [5, 5.41) is 12.5. The first-order chi connectivity index (χ1) is 15.0. The number of hydrogen-bond donors (Lipinski definition) is 4. The van der Waals surface area contributed by atoms with Crippen molar-refractivity contribution in [1.29, 1.82) is 5.41 Å². The van der Waals surface area contributed by atoms with Crippen molar-refractivity contribution in [3.05, 3.63) is 42.2 Å². The zero-order valence-corrected chi connectivity index (χ0v) is 17.7. The van der Waals surface area contributed by atoms with Crippen molar-refractivity contribution in [3.63, 3.8) is 0 Å². The van der Waals surface area contributed by atoms with Crippen LogP contribution >= 0.6 is 0 Å². The third kappa shape index (κ3) is 5.00. The van der Waals surface area contributed by atoms with Gasteiger partial charge in [0.05, 0.1) is 0 Å². The van der Waals surface area contributed by atoms with Crippen LogP contribution in [0.1, 0.15) is 32.3 Å². The van der Waals surface area contributed by atoms with Gasteiger partial charge in [-0.2, -0.15) is 4.98 Å². The van der Waals surface area contributed by atoms with Crippen LogP contribution in [0.15, 0.2) is 41.7 Å². The van der Waals surface area contributed by atoms with Crippen LogP contribution < -0.4 is 15.8 Å². The highest BCUT2D eigenvalue weighted by atomic mass is 16.5. The van der Waals surface area contributed by atoms with E-state index in [1.807, 2.05) is 32.2 Å². The molecule has 1 aromatic carbocycles. The van der Waals surface area contributed by atoms with E-state index >= 15 is 0 Å². The highest BCUT2D eigenvalue weighted by Crippen LogP contribution is 2.28. The number of nitrogens with one attached hydrogen (secondary N) is 3. The van der Waals surface area contributed by atoms with Gasteiger partial charge in [0.25, 0.3) is 6.02 Å². The number of H-pyrrole nitrogens is 1. The first-order valence-corrected chi connectivity index (χ1v) is 10.4. The summed E-state index contributed by atoms with van der Waals surface area (Å²) < 4.78 is 11.4. The Morgan fingerprint density at radius 3 is 2.97 bits per heavy atom. The van der Waals surface area contributed by atoms with Gasteiger partial charge in [0.1, 0.15) is 6.10 Å². The monoisotopic (exact) mass is 421 g/mol. The first-order valence-electron chi connectivity index (χ1n) is 10.4. The summed E-state index contributed by atoms with van der Waals surface area (Å²) in [5.74, 6) is 1.04. The summed E-state index contributed by atoms with van der Waals surface area (Å²) in [4.78, 5) is 16.4. The highest BCUT2D eigenvalue weighted by Gasteiger charge is 2.17. The second-order valence-corrected chi connectivity index (χ2v) is 7.76. The molecule has 4 rings (SSSR count). The lowest BCUT2D eigenvalue weighted by Gasteiger charge is -2.23. The number of nitrogens with two attached hydrogens (primary N) is 1. The van der Waals surface area contributed by atoms with Gasteiger partial charge in [0.15, 0.2) is 5.82 Å². The van der Waals surface area contributed by atoms with E-state index < -0.39 is 0 Å². The number of benzene rings is 1. The minimum atomic E-state index is -0.0706. The Morgan fingerprint density at radius 2 is 2.19 bits per heavy atom. The molecule has 9 nitrogen and oxygen atoms in total. The molecule has 0 saturated carbocycles. The van der Waals surface area contributed by atoms with Crippen molar-refractivity contribution in [2.24, 2.45) is 10.7 Å². The van der Waals surface area contributed by atoms with Crippen LogP contribution in [0.2, 0.25) is 0 Å². The van der Waals surface area contributed by atoms with Crippen molar-refractivity contribution in [2.75, 3.05) is 13.1 Å². The number of piperidine rings is 1. The normalized spacial score (nSPS) is 17.1. The molecule has 0 bridgehead atoms. The molecule has 162 valence electrons. The van der Waals surface area contributed by atoms with E-state index in [4.69, 9.17) is 20.6 Å². The molecule has 0 amide bonds. The van der Waals surface area contributed by atoms with Crippen LogP contribution in [0.4, 0.5) is 0 Å². The Kier molecular flexibility index (Phi) is 6.13. The maximum Gasteiger partial charge on any atom is 0.289 e. The molecule has 1 atom stereocenters. The fourth-order valence-electron chi connectivity index (χ4n) is 3.52. The number of fused-ring (bicyclic) bond motifs is 1. The maximum atomic E-state index is 8.23. The van der Waals surface area contributed by atoms with Gasteiger partial charge in [-0.1, -0.05) is 0 Å². The molecule has 3 aromatic rings. The summed E-state index contributed by atoms with van der Waals surface area (Å²) >= 11 is 0. The predicted octanol–water partition coefficient (Wildman–Crippen LogP) is 2.82. The summed E-state index contributed by atoms with van der Waals surface area (Å²) in [5.41, 5.74) is 8.07. The van der Waals surface area contributed by atoms with Gasteiger partial charge in [-0.15, -0.1) is 0 Å². The molecular weight excluding hydrogens is 394 g/mol. The molecule has 3 heterocycles. The molecule has 1 fully saturated rings. The van der Waals surface area contributed by atoms with E-state index in [0.717, 1.165) is 42.4 Å². The average Bonchev–Trinajstić information content (AvgIpc) is 3.17. The lowest BCUT2D eigenvalue weighted by atomic mass is 10.1. The number of aromatic nitrogens is 3. The number of hydrogen-bond acceptors (Lipinski definition) is 7. The van der Waals surface area contributed by atoms with Gasteiger partial charge in [-0.05, 0) is 51.4 Å². The predicted molar refractivity (Wildman–Crippen MR) is 121 cm³/mol. The highest BCUT2D eigenvalue weighted by molar-refractivity contribution is 6.03. The van der Waals surface area contributed by atoms with Crippen LogP contribution in [0.3, 0.4) is 0 Å². The van der Waals surface area contributed by atoms with Crippen LogP contribution in [0.25, 0.3) is 22.3 Å². The fraction of sp³-hybridized carbons (Fsp3) is 0.364. The average molecular weight is 422 g/mol. The van der Waals surface area contributed by atoms with Gasteiger partial charge in [-0.3, -0.25) is 5.41 Å². The largest absolute Gasteiger partial charge is 0.473 e. The van der Waals surface area contributed by atoms with E-state index in [9.17, 15) is 0 Å². The molecule has 1 unspecified atom stereocenters. The SMILES string of the molecule is CC(C)N=C(N)OC(=N)c1ccc2[nH]cc(-c3nccc(OC4CCCNC4)n3)c2c1. The van der Waals surface area contributed by atoms with Gasteiger partial charge in [0.2, 0.25) is 11.8 Å². The Bertz CT molecular complexity index is 1100. The first kappa shape index (κ1) is 20.8. The third-order valence-corrected chi connectivity index (χ3v) is 4.95. The summed E-state index contributed by atoms with van der Waals surface area (Å²) in [6.07, 6.45) is 5.77. The number of amidine groups is 1. The van der Waals surface area contributed by atoms with Crippen molar-refractivity contribution >= 4 is 22.8 Å². The van der Waals surface area contributed by atoms with Crippen molar-refractivity contribution < 1.29 is 9.47 Å². The van der Waals surface area contributed by atoms with Crippen LogP contribution in [0.5, 0.6) is 5.88 Å². The zero-order chi connectivity index (χ0) is 21.8. The van der Waals surface area contributed by atoms with Crippen molar-refractivity contribution in [3.8, 4) is 17.3 Å². The van der Waals surface area contributed by atoms with E-state index in [-0.39, 0.29) is 24.1 Å². The van der Waals surface area contributed by atoms with Gasteiger partial charge in [-0.25, -0.2) is 9.98 Å². The van der Waals surface area contributed by atoms with Crippen molar-refractivity contribution in [2.45, 2.75) is 38.8 Å². The molecule has 0 radical (unpaired) electrons. The topological polar surface area (TPSA) is 134 Å². The third-order valence-electron chi connectivity index (χ3n) is 4.95. The lowest BCUT2D eigenvalue weighted by Crippen LogP contribution is -2.37. The van der Waals surface area contributed by atoms with Gasteiger partial charge < -0.3 is 25.5 Å². The van der Waals surface area contributed by atoms with E-state index in [2.05, 4.69) is 25.3 Å². The number of aromatic amines is 1. The molecule has 0 aliphatic carbocycles. The molecule has 5 N–H and O–H groups in total.